The van der Waals surface area contributed by atoms with Crippen LogP contribution in [0.1, 0.15) is 19.8 Å². The minimum Gasteiger partial charge on any atom is -0.481 e. The van der Waals surface area contributed by atoms with E-state index in [0.29, 0.717) is 5.75 Å². The van der Waals surface area contributed by atoms with E-state index in [2.05, 4.69) is 16.0 Å². The molecule has 0 aromatic rings. The summed E-state index contributed by atoms with van der Waals surface area (Å²) in [5.41, 5.74) is 5.33. The van der Waals surface area contributed by atoms with Crippen molar-refractivity contribution in [1.29, 1.82) is 0 Å². The number of nitrogens with two attached hydrogens (primary N) is 1. The molecule has 12 nitrogen and oxygen atoms in total. The summed E-state index contributed by atoms with van der Waals surface area (Å²) in [6, 6.07) is -5.22. The number of amides is 3. The van der Waals surface area contributed by atoms with Crippen LogP contribution >= 0.6 is 11.8 Å². The third kappa shape index (κ3) is 9.53. The Labute approximate surface area is 165 Å². The maximum absolute atomic E-state index is 12.4. The van der Waals surface area contributed by atoms with Gasteiger partial charge in [0.25, 0.3) is 0 Å². The van der Waals surface area contributed by atoms with Gasteiger partial charge in [-0.3, -0.25) is 24.0 Å². The maximum Gasteiger partial charge on any atom is 0.325 e. The summed E-state index contributed by atoms with van der Waals surface area (Å²) >= 11 is 1.38. The van der Waals surface area contributed by atoms with E-state index in [4.69, 9.17) is 21.1 Å². The molecule has 0 rings (SSSR count). The highest BCUT2D eigenvalue weighted by atomic mass is 32.2. The largest absolute Gasteiger partial charge is 0.481 e. The molecule has 0 radical (unpaired) electrons. The third-order valence-electron chi connectivity index (χ3n) is 3.52. The average Bonchev–Trinajstić information content (AvgIpc) is 2.62. The molecule has 4 unspecified atom stereocenters. The second kappa shape index (κ2) is 12.9. The predicted molar refractivity (Wildman–Crippen MR) is 99.4 cm³/mol. The fraction of sp³-hybridized carbons (Fsp3) is 0.667. The SMILES string of the molecule is CSCCC(NC(=O)C(CC(=O)O)NC(=O)C(N)CO)C(=O)NC(C)C(=O)O. The predicted octanol–water partition coefficient (Wildman–Crippen LogP) is -2.91. The van der Waals surface area contributed by atoms with E-state index >= 15 is 0 Å². The van der Waals surface area contributed by atoms with E-state index < -0.39 is 66.9 Å². The number of thioether (sulfide) groups is 1. The normalized spacial score (nSPS) is 14.9. The van der Waals surface area contributed by atoms with Crippen LogP contribution in [0.15, 0.2) is 0 Å². The molecule has 0 aliphatic carbocycles. The van der Waals surface area contributed by atoms with Gasteiger partial charge in [0.05, 0.1) is 13.0 Å². The Morgan fingerprint density at radius 1 is 0.964 bits per heavy atom. The zero-order chi connectivity index (χ0) is 21.9. The number of hydrogen-bond donors (Lipinski definition) is 7. The van der Waals surface area contributed by atoms with Crippen molar-refractivity contribution in [2.24, 2.45) is 5.73 Å². The van der Waals surface area contributed by atoms with E-state index in [-0.39, 0.29) is 6.42 Å². The Bertz CT molecular complexity index is 588. The van der Waals surface area contributed by atoms with E-state index in [1.165, 1.54) is 18.7 Å². The summed E-state index contributed by atoms with van der Waals surface area (Å²) in [5, 5.41) is 33.4. The fourth-order valence-corrected chi connectivity index (χ4v) is 2.37. The molecule has 4 atom stereocenters. The minimum absolute atomic E-state index is 0.148. The standard InChI is InChI=1S/C15H26N4O8S/c1-7(15(26)27)17-13(24)9(3-4-28-2)18-14(25)10(5-11(21)22)19-12(23)8(16)6-20/h7-10,20H,3-6,16H2,1-2H3,(H,17,24)(H,18,25)(H,19,23)(H,21,22)(H,26,27). The zero-order valence-corrected chi connectivity index (χ0v) is 16.3. The highest BCUT2D eigenvalue weighted by Crippen LogP contribution is 2.04. The molecule has 28 heavy (non-hydrogen) atoms. The summed E-state index contributed by atoms with van der Waals surface area (Å²) in [7, 11) is 0. The lowest BCUT2D eigenvalue weighted by Crippen LogP contribution is -2.57. The Balaban J connectivity index is 5.26. The van der Waals surface area contributed by atoms with Crippen LogP contribution in [0.2, 0.25) is 0 Å². The number of nitrogens with one attached hydrogen (secondary N) is 3. The number of rotatable bonds is 13. The Morgan fingerprint density at radius 3 is 1.96 bits per heavy atom. The highest BCUT2D eigenvalue weighted by molar-refractivity contribution is 7.98. The first-order valence-electron chi connectivity index (χ1n) is 8.24. The van der Waals surface area contributed by atoms with Gasteiger partial charge in [-0.2, -0.15) is 11.8 Å². The first-order chi connectivity index (χ1) is 13.0. The molecule has 0 fully saturated rings. The Hall–Kier alpha value is -2.38. The van der Waals surface area contributed by atoms with Crippen LogP contribution in [0.4, 0.5) is 0 Å². The smallest absolute Gasteiger partial charge is 0.325 e. The second-order valence-corrected chi connectivity index (χ2v) is 6.84. The summed E-state index contributed by atoms with van der Waals surface area (Å²) in [6.07, 6.45) is 1.13. The van der Waals surface area contributed by atoms with Gasteiger partial charge in [0, 0.05) is 0 Å². The molecule has 0 aromatic heterocycles. The fourth-order valence-electron chi connectivity index (χ4n) is 1.90. The van der Waals surface area contributed by atoms with Crippen LogP contribution < -0.4 is 21.7 Å². The molecule has 160 valence electrons. The molecule has 0 aromatic carbocycles. The van der Waals surface area contributed by atoms with Crippen LogP contribution in [0.5, 0.6) is 0 Å². The quantitative estimate of drug-likeness (QED) is 0.161. The molecule has 0 spiro atoms. The summed E-state index contributed by atoms with van der Waals surface area (Å²) in [5.74, 6) is -4.85. The van der Waals surface area contributed by atoms with Crippen molar-refractivity contribution in [1.82, 2.24) is 16.0 Å². The average molecular weight is 422 g/mol. The topological polar surface area (TPSA) is 208 Å². The van der Waals surface area contributed by atoms with Gasteiger partial charge in [-0.25, -0.2) is 0 Å². The molecule has 0 heterocycles. The van der Waals surface area contributed by atoms with Gasteiger partial charge in [-0.1, -0.05) is 0 Å². The van der Waals surface area contributed by atoms with Gasteiger partial charge in [-0.15, -0.1) is 0 Å². The van der Waals surface area contributed by atoms with Gasteiger partial charge in [-0.05, 0) is 25.4 Å². The number of aliphatic hydroxyl groups is 1. The maximum atomic E-state index is 12.4. The number of carboxylic acid groups (broad SMARTS) is 2. The van der Waals surface area contributed by atoms with Crippen LogP contribution in [-0.4, -0.2) is 87.8 Å². The van der Waals surface area contributed by atoms with Crippen molar-refractivity contribution in [2.75, 3.05) is 18.6 Å². The van der Waals surface area contributed by atoms with Crippen LogP contribution in [-0.2, 0) is 24.0 Å². The lowest BCUT2D eigenvalue weighted by Gasteiger charge is -2.23. The molecule has 3 amide bonds. The first-order valence-corrected chi connectivity index (χ1v) is 9.63. The third-order valence-corrected chi connectivity index (χ3v) is 4.16. The number of carbonyl (C=O) groups excluding carboxylic acids is 3. The zero-order valence-electron chi connectivity index (χ0n) is 15.5. The molecule has 0 saturated carbocycles. The number of aliphatic hydroxyl groups excluding tert-OH is 1. The Kier molecular flexibility index (Phi) is 11.8. The van der Waals surface area contributed by atoms with Crippen LogP contribution in [0.3, 0.4) is 0 Å². The van der Waals surface area contributed by atoms with Gasteiger partial charge in [0.2, 0.25) is 17.7 Å². The number of carboxylic acids is 2. The van der Waals surface area contributed by atoms with Crippen molar-refractivity contribution < 1.29 is 39.3 Å². The van der Waals surface area contributed by atoms with E-state index in [1.54, 1.807) is 6.26 Å². The van der Waals surface area contributed by atoms with Crippen LogP contribution in [0.25, 0.3) is 0 Å². The van der Waals surface area contributed by atoms with Crippen molar-refractivity contribution >= 4 is 41.4 Å². The van der Waals surface area contributed by atoms with E-state index in [1.807, 2.05) is 0 Å². The summed E-state index contributed by atoms with van der Waals surface area (Å²) in [6.45, 7) is 0.538. The van der Waals surface area contributed by atoms with E-state index in [9.17, 15) is 24.0 Å². The van der Waals surface area contributed by atoms with Crippen LogP contribution in [0, 0.1) is 0 Å². The lowest BCUT2D eigenvalue weighted by atomic mass is 10.1. The van der Waals surface area contributed by atoms with E-state index in [0.717, 1.165) is 0 Å². The summed E-state index contributed by atoms with van der Waals surface area (Å²) in [4.78, 5) is 58.3. The van der Waals surface area contributed by atoms with Gasteiger partial charge in [0.15, 0.2) is 0 Å². The number of aliphatic carboxylic acids is 2. The van der Waals surface area contributed by atoms with Crippen molar-refractivity contribution in [3.05, 3.63) is 0 Å². The van der Waals surface area contributed by atoms with Crippen molar-refractivity contribution in [3.8, 4) is 0 Å². The van der Waals surface area contributed by atoms with Gasteiger partial charge >= 0.3 is 11.9 Å². The first kappa shape index (κ1) is 25.6. The molecule has 8 N–H and O–H groups in total. The summed E-state index contributed by atoms with van der Waals surface area (Å²) < 4.78 is 0. The second-order valence-electron chi connectivity index (χ2n) is 5.86. The number of carbonyl (C=O) groups is 5. The lowest BCUT2D eigenvalue weighted by molar-refractivity contribution is -0.143. The monoisotopic (exact) mass is 422 g/mol. The number of hydrogen-bond acceptors (Lipinski definition) is 8. The van der Waals surface area contributed by atoms with Gasteiger partial charge < -0.3 is 37.0 Å². The minimum atomic E-state index is -1.54. The Morgan fingerprint density at radius 2 is 1.50 bits per heavy atom. The molecular formula is C15H26N4O8S. The molecule has 0 saturated heterocycles. The van der Waals surface area contributed by atoms with Crippen molar-refractivity contribution in [3.63, 3.8) is 0 Å². The molecule has 0 aliphatic heterocycles. The molecule has 0 aliphatic rings. The highest BCUT2D eigenvalue weighted by Gasteiger charge is 2.30. The molecule has 0 bridgehead atoms. The molecular weight excluding hydrogens is 396 g/mol. The molecule has 13 heteroatoms. The van der Waals surface area contributed by atoms with Crippen molar-refractivity contribution in [2.45, 2.75) is 43.9 Å². The van der Waals surface area contributed by atoms with Gasteiger partial charge in [0.1, 0.15) is 24.2 Å².